The van der Waals surface area contributed by atoms with E-state index in [2.05, 4.69) is 14.7 Å². The summed E-state index contributed by atoms with van der Waals surface area (Å²) in [5, 5.41) is 8.79. The Morgan fingerprint density at radius 1 is 1.08 bits per heavy atom. The van der Waals surface area contributed by atoms with E-state index in [1.54, 1.807) is 18.5 Å². The van der Waals surface area contributed by atoms with E-state index in [1.807, 2.05) is 6.07 Å². The fourth-order valence-electron chi connectivity index (χ4n) is 2.79. The van der Waals surface area contributed by atoms with Crippen LogP contribution in [0.1, 0.15) is 31.2 Å². The molecular weight excluding hydrogens is 340 g/mol. The van der Waals surface area contributed by atoms with Crippen LogP contribution >= 0.6 is 0 Å². The SMILES string of the molecule is N#Cc1ccc(S(=O)(=O)NC2CCC(Oc3ncccn3)CC2)cc1. The molecular formula is C17H18N4O3S. The molecule has 0 saturated heterocycles. The molecule has 1 aromatic heterocycles. The third kappa shape index (κ3) is 4.53. The summed E-state index contributed by atoms with van der Waals surface area (Å²) in [4.78, 5) is 8.24. The largest absolute Gasteiger partial charge is 0.460 e. The molecule has 1 heterocycles. The van der Waals surface area contributed by atoms with Gasteiger partial charge in [-0.2, -0.15) is 5.26 Å². The van der Waals surface area contributed by atoms with Crippen LogP contribution in [0.4, 0.5) is 0 Å². The Bertz CT molecular complexity index is 840. The van der Waals surface area contributed by atoms with Gasteiger partial charge in [0.05, 0.1) is 16.5 Å². The second-order valence-electron chi connectivity index (χ2n) is 5.88. The number of ether oxygens (including phenoxy) is 1. The van der Waals surface area contributed by atoms with Crippen molar-refractivity contribution in [2.75, 3.05) is 0 Å². The average molecular weight is 358 g/mol. The Labute approximate surface area is 146 Å². The molecule has 1 aromatic carbocycles. The molecule has 0 bridgehead atoms. The van der Waals surface area contributed by atoms with Gasteiger partial charge in [-0.15, -0.1) is 0 Å². The van der Waals surface area contributed by atoms with Crippen LogP contribution in [0.2, 0.25) is 0 Å². The normalized spacial score (nSPS) is 20.6. The number of hydrogen-bond acceptors (Lipinski definition) is 6. The molecule has 3 rings (SSSR count). The van der Waals surface area contributed by atoms with Crippen molar-refractivity contribution in [3.05, 3.63) is 48.3 Å². The highest BCUT2D eigenvalue weighted by Gasteiger charge is 2.27. The van der Waals surface area contributed by atoms with Gasteiger partial charge < -0.3 is 4.74 Å². The lowest BCUT2D eigenvalue weighted by Gasteiger charge is -2.28. The Morgan fingerprint density at radius 3 is 2.32 bits per heavy atom. The Morgan fingerprint density at radius 2 is 1.72 bits per heavy atom. The summed E-state index contributed by atoms with van der Waals surface area (Å²) in [6.07, 6.45) is 6.09. The molecule has 130 valence electrons. The molecule has 0 amide bonds. The Kier molecular flexibility index (Phi) is 5.26. The van der Waals surface area contributed by atoms with Crippen LogP contribution in [0, 0.1) is 11.3 Å². The summed E-state index contributed by atoms with van der Waals surface area (Å²) in [5.74, 6) is 0. The first-order valence-corrected chi connectivity index (χ1v) is 9.51. The van der Waals surface area contributed by atoms with Gasteiger partial charge in [-0.05, 0) is 56.0 Å². The van der Waals surface area contributed by atoms with Gasteiger partial charge in [0, 0.05) is 18.4 Å². The summed E-state index contributed by atoms with van der Waals surface area (Å²) in [6, 6.07) is 9.81. The van der Waals surface area contributed by atoms with Crippen molar-refractivity contribution in [3.63, 3.8) is 0 Å². The molecule has 1 N–H and O–H groups in total. The van der Waals surface area contributed by atoms with E-state index in [0.717, 1.165) is 12.8 Å². The number of benzene rings is 1. The summed E-state index contributed by atoms with van der Waals surface area (Å²) in [5.41, 5.74) is 0.430. The lowest BCUT2D eigenvalue weighted by atomic mass is 9.94. The van der Waals surface area contributed by atoms with Crippen LogP contribution in [0.25, 0.3) is 0 Å². The standard InChI is InChI=1S/C17H18N4O3S/c18-12-13-2-8-16(9-3-13)25(22,23)21-14-4-6-15(7-5-14)24-17-19-10-1-11-20-17/h1-3,8-11,14-15,21H,4-7H2. The number of aromatic nitrogens is 2. The number of nitrogens with zero attached hydrogens (tertiary/aromatic N) is 3. The van der Waals surface area contributed by atoms with Gasteiger partial charge in [-0.3, -0.25) is 0 Å². The van der Waals surface area contributed by atoms with Gasteiger partial charge in [0.2, 0.25) is 10.0 Å². The van der Waals surface area contributed by atoms with E-state index in [4.69, 9.17) is 10.00 Å². The highest BCUT2D eigenvalue weighted by molar-refractivity contribution is 7.89. The van der Waals surface area contributed by atoms with Crippen molar-refractivity contribution in [1.29, 1.82) is 5.26 Å². The van der Waals surface area contributed by atoms with Crippen LogP contribution < -0.4 is 9.46 Å². The molecule has 7 nitrogen and oxygen atoms in total. The van der Waals surface area contributed by atoms with Gasteiger partial charge in [-0.25, -0.2) is 23.1 Å². The minimum atomic E-state index is -3.59. The number of rotatable bonds is 5. The van der Waals surface area contributed by atoms with Crippen molar-refractivity contribution < 1.29 is 13.2 Å². The van der Waals surface area contributed by atoms with E-state index in [9.17, 15) is 8.42 Å². The van der Waals surface area contributed by atoms with Gasteiger partial charge in [-0.1, -0.05) is 0 Å². The molecule has 0 radical (unpaired) electrons. The smallest absolute Gasteiger partial charge is 0.316 e. The number of nitrogens with one attached hydrogen (secondary N) is 1. The van der Waals surface area contributed by atoms with Gasteiger partial charge in [0.1, 0.15) is 6.10 Å². The molecule has 1 aliphatic rings. The first-order chi connectivity index (χ1) is 12.1. The monoisotopic (exact) mass is 358 g/mol. The van der Waals surface area contributed by atoms with Crippen molar-refractivity contribution in [3.8, 4) is 12.1 Å². The molecule has 8 heteroatoms. The Hall–Kier alpha value is -2.50. The van der Waals surface area contributed by atoms with E-state index in [0.29, 0.717) is 24.4 Å². The lowest BCUT2D eigenvalue weighted by molar-refractivity contribution is 0.132. The van der Waals surface area contributed by atoms with Crippen LogP contribution in [0.5, 0.6) is 6.01 Å². The van der Waals surface area contributed by atoms with E-state index in [-0.39, 0.29) is 17.0 Å². The molecule has 1 saturated carbocycles. The topological polar surface area (TPSA) is 105 Å². The molecule has 0 atom stereocenters. The zero-order chi connectivity index (χ0) is 17.7. The van der Waals surface area contributed by atoms with Gasteiger partial charge in [0.25, 0.3) is 0 Å². The van der Waals surface area contributed by atoms with Crippen molar-refractivity contribution >= 4 is 10.0 Å². The van der Waals surface area contributed by atoms with Crippen molar-refractivity contribution in [2.45, 2.75) is 42.7 Å². The van der Waals surface area contributed by atoms with Crippen molar-refractivity contribution in [1.82, 2.24) is 14.7 Å². The maximum Gasteiger partial charge on any atom is 0.316 e. The zero-order valence-electron chi connectivity index (χ0n) is 13.5. The summed E-state index contributed by atoms with van der Waals surface area (Å²) in [7, 11) is -3.59. The molecule has 1 aliphatic carbocycles. The van der Waals surface area contributed by atoms with Crippen molar-refractivity contribution in [2.24, 2.45) is 0 Å². The quantitative estimate of drug-likeness (QED) is 0.876. The maximum absolute atomic E-state index is 12.4. The van der Waals surface area contributed by atoms with E-state index < -0.39 is 10.0 Å². The number of hydrogen-bond donors (Lipinski definition) is 1. The predicted octanol–water partition coefficient (Wildman–Crippen LogP) is 2.02. The molecule has 1 fully saturated rings. The Balaban J connectivity index is 1.55. The van der Waals surface area contributed by atoms with Crippen LogP contribution in [-0.2, 0) is 10.0 Å². The first-order valence-electron chi connectivity index (χ1n) is 8.03. The second-order valence-corrected chi connectivity index (χ2v) is 7.59. The van der Waals surface area contributed by atoms with Crippen LogP contribution in [0.3, 0.4) is 0 Å². The first kappa shape index (κ1) is 17.3. The zero-order valence-corrected chi connectivity index (χ0v) is 14.3. The maximum atomic E-state index is 12.4. The minimum absolute atomic E-state index is 0.00179. The number of sulfonamides is 1. The van der Waals surface area contributed by atoms with Gasteiger partial charge in [0.15, 0.2) is 0 Å². The summed E-state index contributed by atoms with van der Waals surface area (Å²) >= 11 is 0. The second kappa shape index (κ2) is 7.59. The summed E-state index contributed by atoms with van der Waals surface area (Å²) < 4.78 is 33.3. The average Bonchev–Trinajstić information content (AvgIpc) is 2.64. The highest BCUT2D eigenvalue weighted by atomic mass is 32.2. The minimum Gasteiger partial charge on any atom is -0.460 e. The molecule has 25 heavy (non-hydrogen) atoms. The fourth-order valence-corrected chi connectivity index (χ4v) is 4.09. The predicted molar refractivity (Wildman–Crippen MR) is 90.2 cm³/mol. The van der Waals surface area contributed by atoms with Gasteiger partial charge >= 0.3 is 6.01 Å². The number of nitriles is 1. The lowest BCUT2D eigenvalue weighted by Crippen LogP contribution is -2.39. The third-order valence-corrected chi connectivity index (χ3v) is 5.64. The molecule has 0 unspecified atom stereocenters. The fraction of sp³-hybridized carbons (Fsp3) is 0.353. The van der Waals surface area contributed by atoms with E-state index >= 15 is 0 Å². The summed E-state index contributed by atoms with van der Waals surface area (Å²) in [6.45, 7) is 0. The van der Waals surface area contributed by atoms with Crippen LogP contribution in [0.15, 0.2) is 47.6 Å². The van der Waals surface area contributed by atoms with E-state index in [1.165, 1.54) is 24.3 Å². The van der Waals surface area contributed by atoms with Crippen LogP contribution in [-0.4, -0.2) is 30.5 Å². The third-order valence-electron chi connectivity index (χ3n) is 4.10. The molecule has 0 spiro atoms. The highest BCUT2D eigenvalue weighted by Crippen LogP contribution is 2.23. The molecule has 0 aliphatic heterocycles. The molecule has 2 aromatic rings.